The van der Waals surface area contributed by atoms with Crippen LogP contribution in [0.25, 0.3) is 11.1 Å². The number of hydrogen-bond acceptors (Lipinski definition) is 4. The minimum atomic E-state index is -0.397. The lowest BCUT2D eigenvalue weighted by Crippen LogP contribution is -2.23. The lowest BCUT2D eigenvalue weighted by molar-refractivity contribution is -0.120. The molecule has 0 atom stereocenters. The van der Waals surface area contributed by atoms with Crippen LogP contribution in [0.4, 0.5) is 0 Å². The van der Waals surface area contributed by atoms with Crippen molar-refractivity contribution in [1.29, 1.82) is 0 Å². The van der Waals surface area contributed by atoms with E-state index < -0.39 is 5.41 Å². The minimum absolute atomic E-state index is 0. The van der Waals surface area contributed by atoms with Crippen molar-refractivity contribution < 1.29 is 20.8 Å². The highest BCUT2D eigenvalue weighted by molar-refractivity contribution is 5.95. The molecule has 0 amide bonds. The smallest absolute Gasteiger partial charge is 0.231 e. The van der Waals surface area contributed by atoms with Crippen molar-refractivity contribution in [2.24, 2.45) is 0 Å². The van der Waals surface area contributed by atoms with Gasteiger partial charge in [-0.15, -0.1) is 0 Å². The molecule has 1 fully saturated rings. The predicted octanol–water partition coefficient (Wildman–Crippen LogP) is 4.97. The van der Waals surface area contributed by atoms with Gasteiger partial charge in [0.05, 0.1) is 12.0 Å². The maximum absolute atomic E-state index is 13.4. The molecule has 0 radical (unpaired) electrons. The molecule has 2 aliphatic rings. The van der Waals surface area contributed by atoms with Crippen molar-refractivity contribution in [2.75, 3.05) is 6.79 Å². The predicted molar refractivity (Wildman–Crippen MR) is 117 cm³/mol. The zero-order valence-electron chi connectivity index (χ0n) is 17.0. The van der Waals surface area contributed by atoms with Crippen LogP contribution in [0.15, 0.2) is 60.7 Å². The summed E-state index contributed by atoms with van der Waals surface area (Å²) in [7, 11) is 0. The number of ether oxygens (including phenoxy) is 2. The highest BCUT2D eigenvalue weighted by Gasteiger charge is 2.50. The van der Waals surface area contributed by atoms with E-state index in [-0.39, 0.29) is 20.6 Å². The van der Waals surface area contributed by atoms with Crippen molar-refractivity contribution in [3.8, 4) is 22.6 Å². The first-order chi connectivity index (χ1) is 14.6. The van der Waals surface area contributed by atoms with E-state index >= 15 is 0 Å². The van der Waals surface area contributed by atoms with Gasteiger partial charge < -0.3 is 14.6 Å². The van der Waals surface area contributed by atoms with Gasteiger partial charge in [0.15, 0.2) is 11.5 Å². The number of rotatable bonds is 6. The van der Waals surface area contributed by atoms with Crippen molar-refractivity contribution in [3.05, 3.63) is 82.9 Å². The van der Waals surface area contributed by atoms with Crippen LogP contribution in [0.2, 0.25) is 0 Å². The van der Waals surface area contributed by atoms with E-state index in [9.17, 15) is 9.90 Å². The van der Waals surface area contributed by atoms with E-state index in [0.29, 0.717) is 6.42 Å². The van der Waals surface area contributed by atoms with Gasteiger partial charge in [-0.25, -0.2) is 0 Å². The Bertz CT molecular complexity index is 1120. The highest BCUT2D eigenvalue weighted by atomic mass is 16.7. The molecule has 0 aromatic heterocycles. The van der Waals surface area contributed by atoms with Gasteiger partial charge >= 0.3 is 0 Å². The fraction of sp³-hybridized carbons (Fsp3) is 0.269. The van der Waals surface area contributed by atoms with E-state index in [1.165, 1.54) is 0 Å². The SMILES string of the molecule is Cc1c(CC(=O)C2(c3ccc4c(c3)OCO4)CC2)cccc1-c1ccc(CO)cc1.[HH]. The quantitative estimate of drug-likeness (QED) is 0.632. The van der Waals surface area contributed by atoms with Crippen LogP contribution in [0.5, 0.6) is 11.5 Å². The zero-order chi connectivity index (χ0) is 20.7. The van der Waals surface area contributed by atoms with Crippen LogP contribution in [-0.2, 0) is 23.2 Å². The van der Waals surface area contributed by atoms with Gasteiger partial charge in [0.1, 0.15) is 5.78 Å². The molecule has 3 aromatic rings. The molecule has 4 nitrogen and oxygen atoms in total. The Morgan fingerprint density at radius 3 is 2.53 bits per heavy atom. The Morgan fingerprint density at radius 2 is 1.80 bits per heavy atom. The first kappa shape index (κ1) is 18.9. The van der Waals surface area contributed by atoms with Crippen LogP contribution in [-0.4, -0.2) is 17.7 Å². The van der Waals surface area contributed by atoms with Gasteiger partial charge in [0, 0.05) is 7.85 Å². The molecule has 30 heavy (non-hydrogen) atoms. The summed E-state index contributed by atoms with van der Waals surface area (Å²) < 4.78 is 10.9. The third-order valence-corrected chi connectivity index (χ3v) is 6.45. The first-order valence-electron chi connectivity index (χ1n) is 10.3. The van der Waals surface area contributed by atoms with Gasteiger partial charge in [-0.3, -0.25) is 4.79 Å². The Balaban J connectivity index is 0.00000231. The Hall–Kier alpha value is -3.11. The molecule has 0 bridgehead atoms. The van der Waals surface area contributed by atoms with Gasteiger partial charge in [0.25, 0.3) is 0 Å². The summed E-state index contributed by atoms with van der Waals surface area (Å²) in [5.74, 6) is 1.74. The molecule has 3 aromatic carbocycles. The molecule has 1 N–H and O–H groups in total. The molecule has 0 unspecified atom stereocenters. The summed E-state index contributed by atoms with van der Waals surface area (Å²) in [6.07, 6.45) is 2.18. The standard InChI is InChI=1S/C26H24O4.H2/c1-17-20(3-2-4-22(17)19-7-5-18(15-27)6-8-19)13-25(28)26(11-12-26)21-9-10-23-24(14-21)30-16-29-23;/h2-10,14,27H,11-13,15-16H2,1H3;1H. The van der Waals surface area contributed by atoms with E-state index in [0.717, 1.165) is 57.7 Å². The Labute approximate surface area is 177 Å². The van der Waals surface area contributed by atoms with Gasteiger partial charge in [-0.05, 0) is 65.3 Å². The largest absolute Gasteiger partial charge is 0.454 e. The zero-order valence-corrected chi connectivity index (χ0v) is 17.0. The summed E-state index contributed by atoms with van der Waals surface area (Å²) >= 11 is 0. The molecule has 154 valence electrons. The third kappa shape index (κ3) is 3.17. The molecule has 1 saturated carbocycles. The fourth-order valence-corrected chi connectivity index (χ4v) is 4.37. The molecular weight excluding hydrogens is 376 g/mol. The number of Topliss-reactive ketones (excluding diaryl/α,β-unsaturated/α-hetero) is 1. The summed E-state index contributed by atoms with van der Waals surface area (Å²) in [5, 5.41) is 9.27. The van der Waals surface area contributed by atoms with Crippen molar-refractivity contribution in [1.82, 2.24) is 0 Å². The molecule has 1 heterocycles. The van der Waals surface area contributed by atoms with Crippen LogP contribution in [0.3, 0.4) is 0 Å². The number of carbonyl (C=O) groups is 1. The normalized spacial score (nSPS) is 15.8. The monoisotopic (exact) mass is 402 g/mol. The maximum Gasteiger partial charge on any atom is 0.231 e. The number of benzene rings is 3. The van der Waals surface area contributed by atoms with Crippen molar-refractivity contribution >= 4 is 5.78 Å². The minimum Gasteiger partial charge on any atom is -0.454 e. The average Bonchev–Trinajstić information content (AvgIpc) is 3.46. The lowest BCUT2D eigenvalue weighted by atomic mass is 9.85. The van der Waals surface area contributed by atoms with Gasteiger partial charge in [-0.2, -0.15) is 0 Å². The molecule has 1 aliphatic carbocycles. The molecule has 4 heteroatoms. The maximum atomic E-state index is 13.4. The van der Waals surface area contributed by atoms with E-state index in [1.807, 2.05) is 48.5 Å². The van der Waals surface area contributed by atoms with E-state index in [4.69, 9.17) is 9.47 Å². The summed E-state index contributed by atoms with van der Waals surface area (Å²) in [4.78, 5) is 13.4. The lowest BCUT2D eigenvalue weighted by Gasteiger charge is -2.17. The van der Waals surface area contributed by atoms with Crippen LogP contribution >= 0.6 is 0 Å². The Kier molecular flexibility index (Phi) is 4.59. The molecule has 5 rings (SSSR count). The van der Waals surface area contributed by atoms with Crippen LogP contribution < -0.4 is 9.47 Å². The number of fused-ring (bicyclic) bond motifs is 1. The third-order valence-electron chi connectivity index (χ3n) is 6.45. The molecule has 1 aliphatic heterocycles. The second-order valence-corrected chi connectivity index (χ2v) is 8.19. The number of ketones is 1. The number of carbonyl (C=O) groups excluding carboxylic acids is 1. The first-order valence-corrected chi connectivity index (χ1v) is 10.3. The van der Waals surface area contributed by atoms with Crippen LogP contribution in [0, 0.1) is 6.92 Å². The second-order valence-electron chi connectivity index (χ2n) is 8.19. The van der Waals surface area contributed by atoms with Crippen molar-refractivity contribution in [3.63, 3.8) is 0 Å². The average molecular weight is 402 g/mol. The topological polar surface area (TPSA) is 55.8 Å². The van der Waals surface area contributed by atoms with Crippen molar-refractivity contribution in [2.45, 2.75) is 38.2 Å². The highest BCUT2D eigenvalue weighted by Crippen LogP contribution is 2.51. The van der Waals surface area contributed by atoms with Gasteiger partial charge in [0.2, 0.25) is 6.79 Å². The molecule has 0 saturated heterocycles. The molecular formula is C26H26O4. The summed E-state index contributed by atoms with van der Waals surface area (Å²) in [6.45, 7) is 2.36. The Morgan fingerprint density at radius 1 is 1.03 bits per heavy atom. The fourth-order valence-electron chi connectivity index (χ4n) is 4.37. The van der Waals surface area contributed by atoms with Crippen LogP contribution in [0.1, 0.15) is 36.5 Å². The summed E-state index contributed by atoms with van der Waals surface area (Å²) in [6, 6.07) is 20.0. The number of hydrogen-bond donors (Lipinski definition) is 1. The number of aliphatic hydroxyl groups is 1. The molecule has 0 spiro atoms. The van der Waals surface area contributed by atoms with E-state index in [1.54, 1.807) is 0 Å². The van der Waals surface area contributed by atoms with Gasteiger partial charge in [-0.1, -0.05) is 48.5 Å². The second kappa shape index (κ2) is 7.29. The summed E-state index contributed by atoms with van der Waals surface area (Å²) in [5.41, 5.74) is 5.94. The number of aliphatic hydroxyl groups excluding tert-OH is 1. The van der Waals surface area contributed by atoms with E-state index in [2.05, 4.69) is 19.1 Å².